The Morgan fingerprint density at radius 2 is 1.44 bits per heavy atom. The molecule has 0 fully saturated rings. The Kier molecular flexibility index (Phi) is 5.42. The molecule has 0 atom stereocenters. The van der Waals surface area contributed by atoms with Gasteiger partial charge in [-0.1, -0.05) is 53.5 Å². The van der Waals surface area contributed by atoms with Crippen molar-refractivity contribution in [1.82, 2.24) is 0 Å². The molecule has 0 unspecified atom stereocenters. The van der Waals surface area contributed by atoms with Crippen LogP contribution in [0.4, 0.5) is 0 Å². The molecule has 0 spiro atoms. The molecule has 2 aromatic rings. The van der Waals surface area contributed by atoms with E-state index in [1.54, 1.807) is 30.3 Å². The van der Waals surface area contributed by atoms with Gasteiger partial charge in [-0.2, -0.15) is 0 Å². The zero-order valence-electron chi connectivity index (χ0n) is 13.4. The van der Waals surface area contributed by atoms with Crippen molar-refractivity contribution in [3.8, 4) is 0 Å². The minimum absolute atomic E-state index is 0.0840. The summed E-state index contributed by atoms with van der Waals surface area (Å²) >= 11 is 11.7. The quantitative estimate of drug-likeness (QED) is 0.644. The summed E-state index contributed by atoms with van der Waals surface area (Å²) < 4.78 is 0. The van der Waals surface area contributed by atoms with E-state index in [2.05, 4.69) is 0 Å². The Hall–Kier alpha value is -2.29. The van der Waals surface area contributed by atoms with Crippen molar-refractivity contribution in [3.05, 3.63) is 92.7 Å². The maximum atomic E-state index is 12.4. The SMILES string of the molecule is O=C(/C=C/c1ccc(Cl)cc1)C1=C(O)/C(=C/c2ccc(Cl)cc2)CC1. The number of rotatable bonds is 4. The molecule has 2 nitrogen and oxygen atoms in total. The first-order chi connectivity index (χ1) is 12.0. The van der Waals surface area contributed by atoms with Gasteiger partial charge in [0.2, 0.25) is 0 Å². The Morgan fingerprint density at radius 1 is 0.880 bits per heavy atom. The number of carbonyl (C=O) groups is 1. The van der Waals surface area contributed by atoms with E-state index in [4.69, 9.17) is 23.2 Å². The lowest BCUT2D eigenvalue weighted by Gasteiger charge is -2.00. The normalized spacial score (nSPS) is 16.2. The van der Waals surface area contributed by atoms with Crippen molar-refractivity contribution < 1.29 is 9.90 Å². The summed E-state index contributed by atoms with van der Waals surface area (Å²) in [5, 5.41) is 11.7. The summed E-state index contributed by atoms with van der Waals surface area (Å²) in [5.74, 6) is -0.0901. The van der Waals surface area contributed by atoms with Gasteiger partial charge < -0.3 is 5.11 Å². The molecule has 25 heavy (non-hydrogen) atoms. The maximum Gasteiger partial charge on any atom is 0.185 e. The molecule has 4 heteroatoms. The highest BCUT2D eigenvalue weighted by Gasteiger charge is 2.23. The Bertz CT molecular complexity index is 873. The van der Waals surface area contributed by atoms with Crippen LogP contribution in [-0.2, 0) is 4.79 Å². The predicted molar refractivity (Wildman–Crippen MR) is 104 cm³/mol. The van der Waals surface area contributed by atoms with Gasteiger partial charge in [0, 0.05) is 15.6 Å². The average molecular weight is 371 g/mol. The lowest BCUT2D eigenvalue weighted by atomic mass is 10.1. The average Bonchev–Trinajstić information content (AvgIpc) is 2.97. The van der Waals surface area contributed by atoms with Crippen LogP contribution < -0.4 is 0 Å². The van der Waals surface area contributed by atoms with Crippen LogP contribution in [0.3, 0.4) is 0 Å². The highest BCUT2D eigenvalue weighted by molar-refractivity contribution is 6.30. The van der Waals surface area contributed by atoms with E-state index in [1.165, 1.54) is 6.08 Å². The summed E-state index contributed by atoms with van der Waals surface area (Å²) in [4.78, 5) is 12.4. The van der Waals surface area contributed by atoms with Gasteiger partial charge in [0.15, 0.2) is 5.78 Å². The van der Waals surface area contributed by atoms with E-state index in [-0.39, 0.29) is 11.5 Å². The number of allylic oxidation sites excluding steroid dienone is 3. The largest absolute Gasteiger partial charge is 0.507 e. The van der Waals surface area contributed by atoms with Gasteiger partial charge in [-0.05, 0) is 66.0 Å². The van der Waals surface area contributed by atoms with Gasteiger partial charge in [-0.15, -0.1) is 0 Å². The molecule has 0 aromatic heterocycles. The molecule has 0 bridgehead atoms. The number of aliphatic hydroxyl groups excluding tert-OH is 1. The summed E-state index contributed by atoms with van der Waals surface area (Å²) in [6.07, 6.45) is 6.27. The first kappa shape index (κ1) is 17.5. The Morgan fingerprint density at radius 3 is 2.04 bits per heavy atom. The van der Waals surface area contributed by atoms with Crippen molar-refractivity contribution in [2.75, 3.05) is 0 Å². The van der Waals surface area contributed by atoms with E-state index in [0.717, 1.165) is 16.7 Å². The van der Waals surface area contributed by atoms with E-state index in [9.17, 15) is 9.90 Å². The molecule has 1 N–H and O–H groups in total. The standard InChI is InChI=1S/C21H16Cl2O2/c22-17-7-1-14(2-8-17)5-12-20(24)19-11-6-16(21(19)25)13-15-3-9-18(23)10-4-15/h1-5,7-10,12-13,25H,6,11H2/b12-5+,16-13+. The number of ketones is 1. The number of hydrogen-bond donors (Lipinski definition) is 1. The minimum atomic E-state index is -0.174. The van der Waals surface area contributed by atoms with Crippen LogP contribution >= 0.6 is 23.2 Å². The monoisotopic (exact) mass is 370 g/mol. The fraction of sp³-hybridized carbons (Fsp3) is 0.0952. The number of halogens is 2. The van der Waals surface area contributed by atoms with Crippen LogP contribution in [0.25, 0.3) is 12.2 Å². The molecular formula is C21H16Cl2O2. The topological polar surface area (TPSA) is 37.3 Å². The third kappa shape index (κ3) is 4.41. The first-order valence-electron chi connectivity index (χ1n) is 7.89. The molecule has 0 saturated heterocycles. The van der Waals surface area contributed by atoms with Crippen molar-refractivity contribution >= 4 is 41.1 Å². The van der Waals surface area contributed by atoms with Crippen LogP contribution in [0.1, 0.15) is 24.0 Å². The second kappa shape index (κ2) is 7.73. The van der Waals surface area contributed by atoms with Gasteiger partial charge in [-0.3, -0.25) is 4.79 Å². The smallest absolute Gasteiger partial charge is 0.185 e. The van der Waals surface area contributed by atoms with Crippen molar-refractivity contribution in [1.29, 1.82) is 0 Å². The van der Waals surface area contributed by atoms with Crippen molar-refractivity contribution in [2.45, 2.75) is 12.8 Å². The minimum Gasteiger partial charge on any atom is -0.507 e. The lowest BCUT2D eigenvalue weighted by Crippen LogP contribution is -1.98. The second-order valence-electron chi connectivity index (χ2n) is 5.80. The van der Waals surface area contributed by atoms with E-state index in [1.807, 2.05) is 30.3 Å². The van der Waals surface area contributed by atoms with Crippen LogP contribution in [0.5, 0.6) is 0 Å². The number of aliphatic hydroxyl groups is 1. The maximum absolute atomic E-state index is 12.4. The van der Waals surface area contributed by atoms with Crippen LogP contribution in [0.15, 0.2) is 71.5 Å². The van der Waals surface area contributed by atoms with Gasteiger partial charge in [0.25, 0.3) is 0 Å². The van der Waals surface area contributed by atoms with E-state index >= 15 is 0 Å². The second-order valence-corrected chi connectivity index (χ2v) is 6.67. The van der Waals surface area contributed by atoms with Gasteiger partial charge >= 0.3 is 0 Å². The first-order valence-corrected chi connectivity index (χ1v) is 8.65. The van der Waals surface area contributed by atoms with Crippen LogP contribution in [0.2, 0.25) is 10.0 Å². The highest BCUT2D eigenvalue weighted by Crippen LogP contribution is 2.32. The zero-order valence-corrected chi connectivity index (χ0v) is 14.9. The predicted octanol–water partition coefficient (Wildman–Crippen LogP) is 6.27. The molecule has 2 aromatic carbocycles. The molecule has 0 saturated carbocycles. The fourth-order valence-corrected chi connectivity index (χ4v) is 2.93. The molecule has 1 aliphatic rings. The van der Waals surface area contributed by atoms with E-state index in [0.29, 0.717) is 28.5 Å². The van der Waals surface area contributed by atoms with Crippen LogP contribution in [-0.4, -0.2) is 10.9 Å². The van der Waals surface area contributed by atoms with Gasteiger partial charge in [-0.25, -0.2) is 0 Å². The molecule has 0 aliphatic heterocycles. The third-order valence-corrected chi connectivity index (χ3v) is 4.54. The Balaban J connectivity index is 1.77. The summed E-state index contributed by atoms with van der Waals surface area (Å²) in [7, 11) is 0. The molecular weight excluding hydrogens is 355 g/mol. The highest BCUT2D eigenvalue weighted by atomic mass is 35.5. The molecule has 1 aliphatic carbocycles. The number of carbonyl (C=O) groups excluding carboxylic acids is 1. The summed E-state index contributed by atoms with van der Waals surface area (Å²) in [6, 6.07) is 14.6. The molecule has 0 amide bonds. The van der Waals surface area contributed by atoms with Crippen LogP contribution in [0, 0.1) is 0 Å². The molecule has 3 rings (SSSR count). The Labute approximate surface area is 156 Å². The number of hydrogen-bond acceptors (Lipinski definition) is 2. The summed E-state index contributed by atoms with van der Waals surface area (Å²) in [6.45, 7) is 0. The molecule has 126 valence electrons. The molecule has 0 radical (unpaired) electrons. The fourth-order valence-electron chi connectivity index (χ4n) is 2.68. The third-order valence-electron chi connectivity index (χ3n) is 4.04. The summed E-state index contributed by atoms with van der Waals surface area (Å²) in [5.41, 5.74) is 3.04. The van der Waals surface area contributed by atoms with Crippen molar-refractivity contribution in [2.24, 2.45) is 0 Å². The van der Waals surface area contributed by atoms with Gasteiger partial charge in [0.1, 0.15) is 5.76 Å². The van der Waals surface area contributed by atoms with Crippen molar-refractivity contribution in [3.63, 3.8) is 0 Å². The number of benzene rings is 2. The molecule has 0 heterocycles. The van der Waals surface area contributed by atoms with Gasteiger partial charge in [0.05, 0.1) is 0 Å². The zero-order chi connectivity index (χ0) is 17.8. The lowest BCUT2D eigenvalue weighted by molar-refractivity contribution is -0.111. The van der Waals surface area contributed by atoms with E-state index < -0.39 is 0 Å².